The van der Waals surface area contributed by atoms with Crippen LogP contribution in [-0.4, -0.2) is 184 Å². The number of H-pyrrole nitrogens is 1. The van der Waals surface area contributed by atoms with Crippen LogP contribution in [0.1, 0.15) is 11.1 Å². The number of ether oxygens (including phenoxy) is 3. The standard InChI is InChI=1S/C40H48BN5O13/c1-45-13-15-46(16-14-45)18-29(49)42-23-8-10-24(11-9-23)43-31(21-5-3-2-4-6-21)30-25-12-7-22(17-26(25)44-38(30)53)41-58-36-28(20-48)56-40(34(52)37(36)59-41)57-35-27(19-47)55-39(54)33(51)32(35)50/h2-12,17,27-28,32-37,39-40,44,47-48,50-54H,13-16,18-20H2,1H3,(H,42,49)/t27-,28-,32-,33-,34-,35-,36-,37-,39-,40-/m1/s1. The number of aliphatic hydroxyl groups is 6. The van der Waals surface area contributed by atoms with E-state index in [0.29, 0.717) is 45.6 Å². The number of aromatic amines is 1. The molecule has 1 aromatic heterocycles. The molecule has 19 heteroatoms. The van der Waals surface area contributed by atoms with Gasteiger partial charge in [-0.3, -0.25) is 9.69 Å². The number of nitrogens with one attached hydrogen (secondary N) is 2. The summed E-state index contributed by atoms with van der Waals surface area (Å²) < 4.78 is 29.1. The number of carbonyl (C=O) groups excluding carboxylic acids is 1. The van der Waals surface area contributed by atoms with E-state index in [9.17, 15) is 40.5 Å². The number of rotatable bonds is 11. The number of fused-ring (bicyclic) bond motifs is 2. The summed E-state index contributed by atoms with van der Waals surface area (Å²) in [7, 11) is 1.02. The van der Waals surface area contributed by atoms with Gasteiger partial charge < -0.3 is 74.5 Å². The number of nitrogens with zero attached hydrogens (tertiary/aromatic N) is 3. The molecular weight excluding hydrogens is 769 g/mol. The van der Waals surface area contributed by atoms with Crippen molar-refractivity contribution in [2.75, 3.05) is 58.3 Å². The van der Waals surface area contributed by atoms with Crippen LogP contribution in [0.5, 0.6) is 5.88 Å². The fourth-order valence-electron chi connectivity index (χ4n) is 7.94. The maximum atomic E-state index is 12.8. The van der Waals surface area contributed by atoms with Crippen LogP contribution in [0, 0.1) is 0 Å². The zero-order valence-corrected chi connectivity index (χ0v) is 32.2. The van der Waals surface area contributed by atoms with Crippen LogP contribution in [0.2, 0.25) is 0 Å². The van der Waals surface area contributed by atoms with Crippen molar-refractivity contribution < 1.29 is 64.1 Å². The number of aromatic hydroxyl groups is 1. The maximum Gasteiger partial charge on any atom is 0.494 e. The van der Waals surface area contributed by atoms with Gasteiger partial charge in [-0.2, -0.15) is 0 Å². The zero-order valence-electron chi connectivity index (χ0n) is 32.2. The molecule has 9 N–H and O–H groups in total. The number of amides is 1. The molecule has 59 heavy (non-hydrogen) atoms. The summed E-state index contributed by atoms with van der Waals surface area (Å²) in [4.78, 5) is 25.1. The molecule has 0 radical (unpaired) electrons. The molecule has 314 valence electrons. The molecule has 4 fully saturated rings. The summed E-state index contributed by atoms with van der Waals surface area (Å²) in [5, 5.41) is 76.9. The van der Waals surface area contributed by atoms with E-state index in [1.165, 1.54) is 0 Å². The van der Waals surface area contributed by atoms with Crippen molar-refractivity contribution in [2.45, 2.75) is 61.4 Å². The highest BCUT2D eigenvalue weighted by Gasteiger charge is 2.56. The maximum absolute atomic E-state index is 12.8. The van der Waals surface area contributed by atoms with Crippen molar-refractivity contribution in [2.24, 2.45) is 4.99 Å². The number of anilines is 1. The Labute approximate surface area is 339 Å². The molecular formula is C40H48BN5O13. The first kappa shape index (κ1) is 41.4. The molecule has 0 saturated carbocycles. The summed E-state index contributed by atoms with van der Waals surface area (Å²) in [6.45, 7) is 2.60. The molecule has 0 aliphatic carbocycles. The highest BCUT2D eigenvalue weighted by atomic mass is 16.7. The van der Waals surface area contributed by atoms with Crippen molar-refractivity contribution >= 4 is 46.5 Å². The predicted octanol–water partition coefficient (Wildman–Crippen LogP) is -1.40. The second-order valence-electron chi connectivity index (χ2n) is 15.2. The van der Waals surface area contributed by atoms with Gasteiger partial charge in [0, 0.05) is 48.3 Å². The lowest BCUT2D eigenvalue weighted by molar-refractivity contribution is -0.348. The van der Waals surface area contributed by atoms with Crippen molar-refractivity contribution in [3.05, 3.63) is 83.9 Å². The average molecular weight is 818 g/mol. The van der Waals surface area contributed by atoms with Crippen LogP contribution in [-0.2, 0) is 28.3 Å². The van der Waals surface area contributed by atoms with E-state index in [2.05, 4.69) is 27.1 Å². The van der Waals surface area contributed by atoms with Gasteiger partial charge in [0.05, 0.1) is 42.8 Å². The topological polar surface area (TPSA) is 251 Å². The smallest absolute Gasteiger partial charge is 0.494 e. The molecule has 4 aliphatic rings. The van der Waals surface area contributed by atoms with Gasteiger partial charge in [-0.25, -0.2) is 4.99 Å². The number of piperazine rings is 1. The summed E-state index contributed by atoms with van der Waals surface area (Å²) >= 11 is 0. The minimum atomic E-state index is -1.77. The van der Waals surface area contributed by atoms with Gasteiger partial charge in [0.2, 0.25) is 5.91 Å². The Morgan fingerprint density at radius 1 is 0.881 bits per heavy atom. The highest BCUT2D eigenvalue weighted by molar-refractivity contribution is 6.62. The fourth-order valence-corrected chi connectivity index (χ4v) is 7.94. The zero-order chi connectivity index (χ0) is 41.4. The minimum Gasteiger partial charge on any atom is -0.494 e. The number of aliphatic hydroxyl groups excluding tert-OH is 6. The van der Waals surface area contributed by atoms with E-state index in [4.69, 9.17) is 28.5 Å². The molecule has 4 saturated heterocycles. The van der Waals surface area contributed by atoms with Crippen molar-refractivity contribution in [1.29, 1.82) is 0 Å². The Kier molecular flexibility index (Phi) is 12.4. The molecule has 10 atom stereocenters. The van der Waals surface area contributed by atoms with Gasteiger partial charge in [0.1, 0.15) is 42.7 Å². The lowest BCUT2D eigenvalue weighted by Crippen LogP contribution is -2.64. The number of aromatic nitrogens is 1. The van der Waals surface area contributed by atoms with Crippen LogP contribution >= 0.6 is 0 Å². The van der Waals surface area contributed by atoms with Gasteiger partial charge >= 0.3 is 7.12 Å². The summed E-state index contributed by atoms with van der Waals surface area (Å²) in [6.07, 6.45) is -14.1. The number of likely N-dealkylation sites (N-methyl/N-ethyl adjacent to an activating group) is 1. The molecule has 8 rings (SSSR count). The summed E-state index contributed by atoms with van der Waals surface area (Å²) in [5.74, 6) is -0.222. The van der Waals surface area contributed by atoms with E-state index in [-0.39, 0.29) is 11.8 Å². The van der Waals surface area contributed by atoms with E-state index in [0.717, 1.165) is 31.7 Å². The molecule has 0 unspecified atom stereocenters. The monoisotopic (exact) mass is 817 g/mol. The van der Waals surface area contributed by atoms with Crippen LogP contribution in [0.3, 0.4) is 0 Å². The molecule has 1 amide bonds. The van der Waals surface area contributed by atoms with Crippen LogP contribution in [0.25, 0.3) is 10.9 Å². The number of aliphatic imine (C=N–C) groups is 1. The SMILES string of the molecule is CN1CCN(CC(=O)Nc2ccc(N=C(c3ccccc3)c3c(O)[nH]c4cc(B5O[C@@H]6[C@@H](O)[C@@H](O[C@H]7[C@H](O)[C@@H](O)[C@H](O)O[C@@H]7CO)O[C@H](CO)[C@H]6O5)ccc34)cc2)CC1. The van der Waals surface area contributed by atoms with Crippen LogP contribution in [0.4, 0.5) is 11.4 Å². The molecule has 4 aliphatic heterocycles. The third kappa shape index (κ3) is 8.66. The van der Waals surface area contributed by atoms with Crippen LogP contribution < -0.4 is 10.8 Å². The first-order valence-corrected chi connectivity index (χ1v) is 19.5. The lowest BCUT2D eigenvalue weighted by Gasteiger charge is -2.45. The van der Waals surface area contributed by atoms with Gasteiger partial charge in [0.25, 0.3) is 0 Å². The Bertz CT molecular complexity index is 2100. The van der Waals surface area contributed by atoms with E-state index >= 15 is 0 Å². The molecule has 0 spiro atoms. The van der Waals surface area contributed by atoms with E-state index < -0.39 is 81.7 Å². The Balaban J connectivity index is 1.01. The normalized spacial score (nSPS) is 30.8. The first-order chi connectivity index (χ1) is 28.5. The van der Waals surface area contributed by atoms with Crippen molar-refractivity contribution in [3.63, 3.8) is 0 Å². The summed E-state index contributed by atoms with van der Waals surface area (Å²) in [6, 6.07) is 21.8. The predicted molar refractivity (Wildman–Crippen MR) is 212 cm³/mol. The van der Waals surface area contributed by atoms with Crippen molar-refractivity contribution in [1.82, 2.24) is 14.8 Å². The Morgan fingerprint density at radius 3 is 2.31 bits per heavy atom. The van der Waals surface area contributed by atoms with E-state index in [1.807, 2.05) is 30.3 Å². The quantitative estimate of drug-likeness (QED) is 0.0624. The fraction of sp³-hybridized carbons (Fsp3) is 0.450. The van der Waals surface area contributed by atoms with Crippen LogP contribution in [0.15, 0.2) is 77.8 Å². The summed E-state index contributed by atoms with van der Waals surface area (Å²) in [5.41, 5.74) is 3.95. The number of benzene rings is 3. The average Bonchev–Trinajstić information content (AvgIpc) is 3.84. The number of carbonyl (C=O) groups is 1. The molecule has 18 nitrogen and oxygen atoms in total. The van der Waals surface area contributed by atoms with Gasteiger partial charge in [-0.1, -0.05) is 42.5 Å². The lowest BCUT2D eigenvalue weighted by atomic mass is 9.79. The Hall–Kier alpha value is -4.32. The van der Waals surface area contributed by atoms with Gasteiger partial charge in [-0.05, 0) is 42.8 Å². The first-order valence-electron chi connectivity index (χ1n) is 19.5. The van der Waals surface area contributed by atoms with Gasteiger partial charge in [0.15, 0.2) is 18.5 Å². The third-order valence-electron chi connectivity index (χ3n) is 11.2. The van der Waals surface area contributed by atoms with E-state index in [1.54, 1.807) is 42.5 Å². The highest BCUT2D eigenvalue weighted by Crippen LogP contribution is 2.36. The minimum absolute atomic E-state index is 0.0893. The third-order valence-corrected chi connectivity index (χ3v) is 11.2. The largest absolute Gasteiger partial charge is 0.494 e. The van der Waals surface area contributed by atoms with Gasteiger partial charge in [-0.15, -0.1) is 0 Å². The second-order valence-corrected chi connectivity index (χ2v) is 15.2. The number of hydrogen-bond acceptors (Lipinski definition) is 16. The number of hydrogen-bond donors (Lipinski definition) is 9. The second kappa shape index (κ2) is 17.7. The van der Waals surface area contributed by atoms with Crippen molar-refractivity contribution in [3.8, 4) is 5.88 Å². The molecule has 5 heterocycles. The molecule has 4 aromatic rings. The molecule has 0 bridgehead atoms. The Morgan fingerprint density at radius 2 is 1.59 bits per heavy atom. The molecule has 3 aromatic carbocycles.